The summed E-state index contributed by atoms with van der Waals surface area (Å²) in [5.41, 5.74) is 0. The normalized spacial score (nSPS) is 16.6. The maximum absolute atomic E-state index is 13.4. The maximum Gasteiger partial charge on any atom is 0.243 e. The van der Waals surface area contributed by atoms with Gasteiger partial charge in [0.15, 0.2) is 11.5 Å². The van der Waals surface area contributed by atoms with Gasteiger partial charge in [0.25, 0.3) is 0 Å². The molecule has 0 radical (unpaired) electrons. The van der Waals surface area contributed by atoms with Gasteiger partial charge in [-0.25, -0.2) is 8.42 Å². The first-order valence-electron chi connectivity index (χ1n) is 9.86. The lowest BCUT2D eigenvalue weighted by molar-refractivity contribution is -0.122. The van der Waals surface area contributed by atoms with Crippen LogP contribution >= 0.6 is 0 Å². The van der Waals surface area contributed by atoms with Gasteiger partial charge in [0, 0.05) is 18.2 Å². The molecule has 0 unspecified atom stereocenters. The smallest absolute Gasteiger partial charge is 0.243 e. The van der Waals surface area contributed by atoms with E-state index in [0.717, 1.165) is 38.5 Å². The summed E-state index contributed by atoms with van der Waals surface area (Å²) in [6.07, 6.45) is 5.36. The third-order valence-electron chi connectivity index (χ3n) is 5.26. The summed E-state index contributed by atoms with van der Waals surface area (Å²) in [5, 5.41) is 2.87. The van der Waals surface area contributed by atoms with E-state index >= 15 is 0 Å². The van der Waals surface area contributed by atoms with Crippen molar-refractivity contribution in [3.05, 3.63) is 18.2 Å². The molecule has 8 heteroatoms. The van der Waals surface area contributed by atoms with Gasteiger partial charge in [-0.15, -0.1) is 0 Å². The highest BCUT2D eigenvalue weighted by Crippen LogP contribution is 2.33. The Bertz CT molecular complexity index is 760. The van der Waals surface area contributed by atoms with Crippen LogP contribution in [0.3, 0.4) is 0 Å². The Balaban J connectivity index is 2.35. The third-order valence-corrected chi connectivity index (χ3v) is 7.16. The second-order valence-electron chi connectivity index (χ2n) is 7.24. The molecule has 1 N–H and O–H groups in total. The van der Waals surface area contributed by atoms with Crippen LogP contribution in [0, 0.1) is 0 Å². The zero-order valence-electron chi connectivity index (χ0n) is 17.2. The van der Waals surface area contributed by atoms with Crippen LogP contribution in [-0.2, 0) is 14.8 Å². The fraction of sp³-hybridized carbons (Fsp3) is 0.650. The molecule has 1 aliphatic rings. The molecule has 0 heterocycles. The van der Waals surface area contributed by atoms with Gasteiger partial charge in [-0.1, -0.05) is 26.2 Å². The van der Waals surface area contributed by atoms with Crippen LogP contribution in [0.1, 0.15) is 52.4 Å². The minimum absolute atomic E-state index is 0.00416. The summed E-state index contributed by atoms with van der Waals surface area (Å²) >= 11 is 0. The highest BCUT2D eigenvalue weighted by atomic mass is 32.2. The van der Waals surface area contributed by atoms with Crippen molar-refractivity contribution in [2.45, 2.75) is 69.4 Å². The van der Waals surface area contributed by atoms with E-state index < -0.39 is 10.0 Å². The average Bonchev–Trinajstić information content (AvgIpc) is 2.71. The number of methoxy groups -OCH3 is 2. The molecule has 158 valence electrons. The molecule has 1 amide bonds. The fourth-order valence-electron chi connectivity index (χ4n) is 3.46. The van der Waals surface area contributed by atoms with Gasteiger partial charge in [-0.3, -0.25) is 4.79 Å². The Morgan fingerprint density at radius 1 is 1.18 bits per heavy atom. The first-order chi connectivity index (χ1) is 13.3. The molecule has 7 nitrogen and oxygen atoms in total. The SMILES string of the molecule is CC[C@@H](C)NC(=O)CN(C1CCCCC1)S(=O)(=O)c1ccc(OC)c(OC)c1. The molecule has 1 aromatic rings. The monoisotopic (exact) mass is 412 g/mol. The van der Waals surface area contributed by atoms with E-state index in [0.29, 0.717) is 11.5 Å². The molecule has 2 rings (SSSR count). The second-order valence-corrected chi connectivity index (χ2v) is 9.13. The van der Waals surface area contributed by atoms with Crippen molar-refractivity contribution in [2.75, 3.05) is 20.8 Å². The van der Waals surface area contributed by atoms with Crippen molar-refractivity contribution in [3.8, 4) is 11.5 Å². The Morgan fingerprint density at radius 3 is 2.39 bits per heavy atom. The quantitative estimate of drug-likeness (QED) is 0.674. The predicted molar refractivity (Wildman–Crippen MR) is 108 cm³/mol. The summed E-state index contributed by atoms with van der Waals surface area (Å²) in [4.78, 5) is 12.6. The van der Waals surface area contributed by atoms with Crippen molar-refractivity contribution in [2.24, 2.45) is 0 Å². The highest BCUT2D eigenvalue weighted by Gasteiger charge is 2.34. The summed E-state index contributed by atoms with van der Waals surface area (Å²) in [6.45, 7) is 3.71. The van der Waals surface area contributed by atoms with E-state index in [9.17, 15) is 13.2 Å². The van der Waals surface area contributed by atoms with E-state index in [-0.39, 0.29) is 29.4 Å². The first kappa shape index (κ1) is 22.5. The zero-order chi connectivity index (χ0) is 20.7. The number of ether oxygens (including phenoxy) is 2. The van der Waals surface area contributed by atoms with Crippen molar-refractivity contribution in [1.29, 1.82) is 0 Å². The lowest BCUT2D eigenvalue weighted by Gasteiger charge is -2.33. The van der Waals surface area contributed by atoms with E-state index in [1.54, 1.807) is 6.07 Å². The second kappa shape index (κ2) is 10.1. The Hall–Kier alpha value is -1.80. The summed E-state index contributed by atoms with van der Waals surface area (Å²) in [7, 11) is -0.894. The molecule has 1 atom stereocenters. The van der Waals surface area contributed by atoms with Crippen LogP contribution in [-0.4, -0.2) is 51.5 Å². The molecule has 0 bridgehead atoms. The van der Waals surface area contributed by atoms with Crippen molar-refractivity contribution in [3.63, 3.8) is 0 Å². The lowest BCUT2D eigenvalue weighted by Crippen LogP contribution is -2.48. The summed E-state index contributed by atoms with van der Waals surface area (Å²) < 4.78 is 38.7. The number of amides is 1. The van der Waals surface area contributed by atoms with Gasteiger partial charge >= 0.3 is 0 Å². The minimum atomic E-state index is -3.86. The van der Waals surface area contributed by atoms with Crippen LogP contribution in [0.2, 0.25) is 0 Å². The predicted octanol–water partition coefficient (Wildman–Crippen LogP) is 2.94. The number of hydrogen-bond acceptors (Lipinski definition) is 5. The van der Waals surface area contributed by atoms with Crippen LogP contribution < -0.4 is 14.8 Å². The van der Waals surface area contributed by atoms with Crippen LogP contribution in [0.25, 0.3) is 0 Å². The number of hydrogen-bond donors (Lipinski definition) is 1. The number of benzene rings is 1. The van der Waals surface area contributed by atoms with Crippen LogP contribution in [0.5, 0.6) is 11.5 Å². The summed E-state index contributed by atoms with van der Waals surface area (Å²) in [6, 6.07) is 4.36. The van der Waals surface area contributed by atoms with Gasteiger partial charge in [0.1, 0.15) is 0 Å². The molecule has 0 saturated heterocycles. The Labute approximate surface area is 168 Å². The summed E-state index contributed by atoms with van der Waals surface area (Å²) in [5.74, 6) is 0.528. The van der Waals surface area contributed by atoms with Gasteiger partial charge in [0.2, 0.25) is 15.9 Å². The molecular weight excluding hydrogens is 380 g/mol. The molecule has 0 aromatic heterocycles. The minimum Gasteiger partial charge on any atom is -0.493 e. The number of sulfonamides is 1. The fourth-order valence-corrected chi connectivity index (χ4v) is 5.11. The highest BCUT2D eigenvalue weighted by molar-refractivity contribution is 7.89. The van der Waals surface area contributed by atoms with Crippen molar-refractivity contribution in [1.82, 2.24) is 9.62 Å². The standard InChI is InChI=1S/C20H32N2O5S/c1-5-15(2)21-20(23)14-22(16-9-7-6-8-10-16)28(24,25)17-11-12-18(26-3)19(13-17)27-4/h11-13,15-16H,5-10,14H2,1-4H3,(H,21,23)/t15-/m1/s1. The number of nitrogens with one attached hydrogen (secondary N) is 1. The van der Waals surface area contributed by atoms with Gasteiger partial charge in [-0.2, -0.15) is 4.31 Å². The van der Waals surface area contributed by atoms with Gasteiger partial charge < -0.3 is 14.8 Å². The molecule has 0 spiro atoms. The lowest BCUT2D eigenvalue weighted by atomic mass is 9.95. The van der Waals surface area contributed by atoms with E-state index in [2.05, 4.69) is 5.32 Å². The van der Waals surface area contributed by atoms with Crippen molar-refractivity contribution < 1.29 is 22.7 Å². The number of carbonyl (C=O) groups is 1. The largest absolute Gasteiger partial charge is 0.493 e. The molecule has 28 heavy (non-hydrogen) atoms. The van der Waals surface area contributed by atoms with E-state index in [1.807, 2.05) is 13.8 Å². The Kier molecular flexibility index (Phi) is 8.12. The van der Waals surface area contributed by atoms with Gasteiger partial charge in [0.05, 0.1) is 25.7 Å². The first-order valence-corrected chi connectivity index (χ1v) is 11.3. The third kappa shape index (κ3) is 5.38. The average molecular weight is 413 g/mol. The van der Waals surface area contributed by atoms with Gasteiger partial charge in [-0.05, 0) is 38.3 Å². The Morgan fingerprint density at radius 2 is 1.82 bits per heavy atom. The van der Waals surface area contributed by atoms with E-state index in [4.69, 9.17) is 9.47 Å². The molecular formula is C20H32N2O5S. The number of nitrogens with zero attached hydrogens (tertiary/aromatic N) is 1. The van der Waals surface area contributed by atoms with Crippen LogP contribution in [0.15, 0.2) is 23.1 Å². The molecule has 1 saturated carbocycles. The molecule has 1 aromatic carbocycles. The topological polar surface area (TPSA) is 84.9 Å². The van der Waals surface area contributed by atoms with E-state index in [1.165, 1.54) is 30.7 Å². The maximum atomic E-state index is 13.4. The zero-order valence-corrected chi connectivity index (χ0v) is 18.0. The van der Waals surface area contributed by atoms with Crippen LogP contribution in [0.4, 0.5) is 0 Å². The number of carbonyl (C=O) groups excluding carboxylic acids is 1. The van der Waals surface area contributed by atoms with Crippen molar-refractivity contribution >= 4 is 15.9 Å². The molecule has 0 aliphatic heterocycles. The molecule has 1 fully saturated rings. The number of rotatable bonds is 9. The molecule has 1 aliphatic carbocycles.